The van der Waals surface area contributed by atoms with E-state index < -0.39 is 0 Å². The molecule has 2 aromatic carbocycles. The fourth-order valence-corrected chi connectivity index (χ4v) is 2.56. The molecule has 18 heavy (non-hydrogen) atoms. The second kappa shape index (κ2) is 4.55. The van der Waals surface area contributed by atoms with Crippen LogP contribution in [0.4, 0.5) is 0 Å². The number of nitrogens with zero attached hydrogens (tertiary/aromatic N) is 1. The number of hydrogen-bond donors (Lipinski definition) is 1. The minimum absolute atomic E-state index is 0.0189. The molecule has 1 aromatic heterocycles. The highest BCUT2D eigenvalue weighted by atomic mass is 79.9. The maximum absolute atomic E-state index is 9.39. The molecule has 0 spiro atoms. The minimum atomic E-state index is -0.0189. The van der Waals surface area contributed by atoms with Crippen molar-refractivity contribution in [3.63, 3.8) is 0 Å². The Bertz CT molecular complexity index is 706. The number of rotatable bonds is 2. The van der Waals surface area contributed by atoms with Gasteiger partial charge in [-0.05, 0) is 33.6 Å². The molecule has 1 N–H and O–H groups in total. The van der Waals surface area contributed by atoms with Crippen molar-refractivity contribution in [2.45, 2.75) is 6.61 Å². The van der Waals surface area contributed by atoms with Gasteiger partial charge in [0.25, 0.3) is 0 Å². The van der Waals surface area contributed by atoms with E-state index in [1.54, 1.807) is 0 Å². The molecule has 0 unspecified atom stereocenters. The zero-order valence-corrected chi connectivity index (χ0v) is 11.0. The van der Waals surface area contributed by atoms with Crippen LogP contribution in [-0.2, 0) is 6.61 Å². The second-order valence-corrected chi connectivity index (χ2v) is 4.81. The zero-order valence-electron chi connectivity index (χ0n) is 9.43. The van der Waals surface area contributed by atoms with Gasteiger partial charge in [-0.3, -0.25) is 0 Å². The molecule has 90 valence electrons. The molecule has 3 aromatic rings. The number of halogens is 1. The van der Waals surface area contributed by atoms with Gasteiger partial charge in [0.2, 0.25) is 0 Å². The van der Waals surface area contributed by atoms with E-state index in [9.17, 15) is 5.11 Å². The minimum Gasteiger partial charge on any atom is -0.392 e. The highest BCUT2D eigenvalue weighted by molar-refractivity contribution is 9.10. The Labute approximate surface area is 112 Å². The van der Waals surface area contributed by atoms with Crippen LogP contribution in [-0.4, -0.2) is 10.3 Å². The number of fused-ring (bicyclic) bond motifs is 1. The quantitative estimate of drug-likeness (QED) is 0.784. The number of aliphatic hydroxyl groups is 1. The molecule has 0 saturated heterocycles. The first kappa shape index (κ1) is 11.4. The van der Waals surface area contributed by atoms with Crippen molar-refractivity contribution >= 4 is 26.9 Å². The summed E-state index contributed by atoms with van der Waals surface area (Å²) in [5, 5.41) is 14.4. The molecule has 4 heteroatoms. The summed E-state index contributed by atoms with van der Waals surface area (Å²) in [6, 6.07) is 13.4. The van der Waals surface area contributed by atoms with Gasteiger partial charge in [0.15, 0.2) is 5.58 Å². The molecule has 3 rings (SSSR count). The first-order valence-corrected chi connectivity index (χ1v) is 6.33. The fraction of sp³-hybridized carbons (Fsp3) is 0.0714. The number of aromatic nitrogens is 1. The van der Waals surface area contributed by atoms with Gasteiger partial charge in [0.05, 0.1) is 12.0 Å². The summed E-state index contributed by atoms with van der Waals surface area (Å²) in [4.78, 5) is 0. The van der Waals surface area contributed by atoms with Crippen molar-refractivity contribution in [3.05, 3.63) is 52.5 Å². The Balaban J connectivity index is 2.32. The smallest absolute Gasteiger partial charge is 0.168 e. The maximum Gasteiger partial charge on any atom is 0.168 e. The van der Waals surface area contributed by atoms with E-state index in [2.05, 4.69) is 21.1 Å². The number of hydrogen-bond acceptors (Lipinski definition) is 3. The van der Waals surface area contributed by atoms with Crippen molar-refractivity contribution in [3.8, 4) is 11.3 Å². The molecule has 0 saturated carbocycles. The topological polar surface area (TPSA) is 46.3 Å². The zero-order chi connectivity index (χ0) is 12.5. The molecular formula is C14H10BrNO2. The van der Waals surface area contributed by atoms with Crippen LogP contribution in [0.2, 0.25) is 0 Å². The standard InChI is InChI=1S/C14H10BrNO2/c15-11-6-3-7-12-13(11)14(16-18-12)10-5-2-1-4-9(10)8-17/h1-7,17H,8H2. The highest BCUT2D eigenvalue weighted by Gasteiger charge is 2.15. The van der Waals surface area contributed by atoms with E-state index in [4.69, 9.17) is 4.52 Å². The SMILES string of the molecule is OCc1ccccc1-c1noc2cccc(Br)c12. The Morgan fingerprint density at radius 2 is 1.94 bits per heavy atom. The van der Waals surface area contributed by atoms with Gasteiger partial charge in [-0.1, -0.05) is 35.5 Å². The lowest BCUT2D eigenvalue weighted by molar-refractivity contribution is 0.282. The third-order valence-corrected chi connectivity index (χ3v) is 3.55. The Morgan fingerprint density at radius 3 is 2.78 bits per heavy atom. The van der Waals surface area contributed by atoms with Gasteiger partial charge in [-0.2, -0.15) is 0 Å². The van der Waals surface area contributed by atoms with Crippen LogP contribution in [0.25, 0.3) is 22.2 Å². The molecule has 1 heterocycles. The van der Waals surface area contributed by atoms with Gasteiger partial charge >= 0.3 is 0 Å². The lowest BCUT2D eigenvalue weighted by Crippen LogP contribution is -1.89. The molecule has 0 fully saturated rings. The summed E-state index contributed by atoms with van der Waals surface area (Å²) in [5.41, 5.74) is 3.21. The van der Waals surface area contributed by atoms with E-state index in [0.29, 0.717) is 0 Å². The maximum atomic E-state index is 9.39. The average Bonchev–Trinajstić information content (AvgIpc) is 2.84. The summed E-state index contributed by atoms with van der Waals surface area (Å²) >= 11 is 3.51. The van der Waals surface area contributed by atoms with Gasteiger partial charge in [0.1, 0.15) is 5.69 Å². The van der Waals surface area contributed by atoms with Gasteiger partial charge in [0, 0.05) is 10.0 Å². The molecule has 0 aliphatic rings. The van der Waals surface area contributed by atoms with Gasteiger partial charge in [-0.15, -0.1) is 0 Å². The van der Waals surface area contributed by atoms with E-state index in [1.807, 2.05) is 42.5 Å². The summed E-state index contributed by atoms with van der Waals surface area (Å²) in [5.74, 6) is 0. The van der Waals surface area contributed by atoms with Crippen LogP contribution in [0.5, 0.6) is 0 Å². The van der Waals surface area contributed by atoms with Crippen molar-refractivity contribution in [1.82, 2.24) is 5.16 Å². The van der Waals surface area contributed by atoms with E-state index in [1.165, 1.54) is 0 Å². The summed E-state index contributed by atoms with van der Waals surface area (Å²) < 4.78 is 6.26. The van der Waals surface area contributed by atoms with E-state index in [-0.39, 0.29) is 6.61 Å². The van der Waals surface area contributed by atoms with Crippen LogP contribution >= 0.6 is 15.9 Å². The van der Waals surface area contributed by atoms with Crippen LogP contribution in [0, 0.1) is 0 Å². The predicted octanol–water partition coefficient (Wildman–Crippen LogP) is 3.75. The van der Waals surface area contributed by atoms with E-state index >= 15 is 0 Å². The monoisotopic (exact) mass is 303 g/mol. The fourth-order valence-electron chi connectivity index (χ4n) is 2.02. The van der Waals surface area contributed by atoms with Crippen LogP contribution in [0.3, 0.4) is 0 Å². The lowest BCUT2D eigenvalue weighted by Gasteiger charge is -2.04. The predicted molar refractivity (Wildman–Crippen MR) is 73.1 cm³/mol. The first-order valence-electron chi connectivity index (χ1n) is 5.54. The van der Waals surface area contributed by atoms with Crippen molar-refractivity contribution in [2.24, 2.45) is 0 Å². The summed E-state index contributed by atoms with van der Waals surface area (Å²) in [6.07, 6.45) is 0. The third kappa shape index (κ3) is 1.74. The Hall–Kier alpha value is -1.65. The van der Waals surface area contributed by atoms with Crippen molar-refractivity contribution in [1.29, 1.82) is 0 Å². The second-order valence-electron chi connectivity index (χ2n) is 3.96. The van der Waals surface area contributed by atoms with Crippen LogP contribution in [0.1, 0.15) is 5.56 Å². The molecular weight excluding hydrogens is 294 g/mol. The van der Waals surface area contributed by atoms with Crippen LogP contribution in [0.15, 0.2) is 51.5 Å². The number of benzene rings is 2. The Kier molecular flexibility index (Phi) is 2.89. The molecule has 0 atom stereocenters. The van der Waals surface area contributed by atoms with Crippen molar-refractivity contribution < 1.29 is 9.63 Å². The van der Waals surface area contributed by atoms with Gasteiger partial charge in [-0.25, -0.2) is 0 Å². The third-order valence-electron chi connectivity index (χ3n) is 2.89. The molecule has 3 nitrogen and oxygen atoms in total. The number of aliphatic hydroxyl groups excluding tert-OH is 1. The van der Waals surface area contributed by atoms with Crippen molar-refractivity contribution in [2.75, 3.05) is 0 Å². The van der Waals surface area contributed by atoms with Gasteiger partial charge < -0.3 is 9.63 Å². The summed E-state index contributed by atoms with van der Waals surface area (Å²) in [7, 11) is 0. The lowest BCUT2D eigenvalue weighted by atomic mass is 10.0. The first-order chi connectivity index (χ1) is 8.81. The normalized spacial score (nSPS) is 11.0. The highest BCUT2D eigenvalue weighted by Crippen LogP contribution is 2.34. The average molecular weight is 304 g/mol. The molecule has 0 aliphatic heterocycles. The molecule has 0 amide bonds. The Morgan fingerprint density at radius 1 is 1.11 bits per heavy atom. The molecule has 0 aliphatic carbocycles. The largest absolute Gasteiger partial charge is 0.392 e. The van der Waals surface area contributed by atoms with Crippen LogP contribution < -0.4 is 0 Å². The molecule has 0 radical (unpaired) electrons. The van der Waals surface area contributed by atoms with E-state index in [0.717, 1.165) is 32.3 Å². The molecule has 0 bridgehead atoms. The summed E-state index contributed by atoms with van der Waals surface area (Å²) in [6.45, 7) is -0.0189.